The van der Waals surface area contributed by atoms with E-state index in [9.17, 15) is 0 Å². The van der Waals surface area contributed by atoms with Gasteiger partial charge in [0.15, 0.2) is 4.77 Å². The lowest BCUT2D eigenvalue weighted by molar-refractivity contribution is 1.13. The quantitative estimate of drug-likeness (QED) is 0.468. The van der Waals surface area contributed by atoms with Gasteiger partial charge >= 0.3 is 0 Å². The number of H-pyrrole nitrogens is 1. The third-order valence-corrected chi connectivity index (χ3v) is 1.45. The van der Waals surface area contributed by atoms with E-state index in [0.717, 1.165) is 6.42 Å². The van der Waals surface area contributed by atoms with Gasteiger partial charge in [0.05, 0.1) is 5.56 Å². The molecule has 0 spiro atoms. The zero-order valence-electron chi connectivity index (χ0n) is 6.72. The first kappa shape index (κ1) is 8.75. The molecule has 1 heterocycles. The summed E-state index contributed by atoms with van der Waals surface area (Å²) in [6.07, 6.45) is 2.38. The van der Waals surface area contributed by atoms with Crippen LogP contribution in [0.3, 0.4) is 0 Å². The summed E-state index contributed by atoms with van der Waals surface area (Å²) in [7, 11) is 0. The molecule has 0 amide bonds. The summed E-state index contributed by atoms with van der Waals surface area (Å²) >= 11 is 4.78. The van der Waals surface area contributed by atoms with Crippen LogP contribution in [0.1, 0.15) is 18.9 Å². The fraction of sp³-hybridized carbons (Fsp3) is 0.250. The number of nitrogens with zero attached hydrogens (tertiary/aromatic N) is 1. The molecule has 62 valence electrons. The SMILES string of the molecule is CCC#Cc1cnc(=S)[nH]c1N. The molecule has 0 radical (unpaired) electrons. The normalized spacial score (nSPS) is 8.75. The maximum Gasteiger partial charge on any atom is 0.198 e. The van der Waals surface area contributed by atoms with E-state index < -0.39 is 0 Å². The van der Waals surface area contributed by atoms with Gasteiger partial charge in [-0.2, -0.15) is 0 Å². The minimum absolute atomic E-state index is 0.384. The van der Waals surface area contributed by atoms with Gasteiger partial charge in [0, 0.05) is 12.6 Å². The van der Waals surface area contributed by atoms with Crippen LogP contribution in [0.4, 0.5) is 5.82 Å². The average molecular weight is 179 g/mol. The summed E-state index contributed by atoms with van der Waals surface area (Å²) in [5, 5.41) is 0. The van der Waals surface area contributed by atoms with Crippen LogP contribution in [0.15, 0.2) is 6.20 Å². The summed E-state index contributed by atoms with van der Waals surface area (Å²) in [5.41, 5.74) is 6.30. The standard InChI is InChI=1S/C8H9N3S/c1-2-3-4-6-5-10-8(12)11-7(6)9/h5H,2H2,1H3,(H3,9,10,11,12). The first-order valence-corrected chi connectivity index (χ1v) is 3.98. The number of hydrogen-bond donors (Lipinski definition) is 2. The molecule has 0 saturated heterocycles. The zero-order valence-corrected chi connectivity index (χ0v) is 7.53. The van der Waals surface area contributed by atoms with Crippen molar-refractivity contribution in [2.75, 3.05) is 5.73 Å². The molecule has 1 rings (SSSR count). The molecular weight excluding hydrogens is 170 g/mol. The molecule has 0 aliphatic rings. The van der Waals surface area contributed by atoms with Crippen molar-refractivity contribution in [2.45, 2.75) is 13.3 Å². The summed E-state index contributed by atoms with van der Waals surface area (Å²) in [6.45, 7) is 1.97. The van der Waals surface area contributed by atoms with Gasteiger partial charge in [-0.05, 0) is 12.2 Å². The highest BCUT2D eigenvalue weighted by atomic mass is 32.1. The van der Waals surface area contributed by atoms with Crippen molar-refractivity contribution in [1.29, 1.82) is 0 Å². The predicted octanol–water partition coefficient (Wildman–Crippen LogP) is 1.48. The minimum atomic E-state index is 0.384. The maximum absolute atomic E-state index is 5.60. The monoisotopic (exact) mass is 179 g/mol. The van der Waals surface area contributed by atoms with Crippen LogP contribution >= 0.6 is 12.2 Å². The fourth-order valence-corrected chi connectivity index (χ4v) is 0.853. The van der Waals surface area contributed by atoms with Gasteiger partial charge in [-0.25, -0.2) is 4.98 Å². The number of hydrogen-bond acceptors (Lipinski definition) is 3. The number of aromatic amines is 1. The van der Waals surface area contributed by atoms with Gasteiger partial charge in [0.2, 0.25) is 0 Å². The number of aromatic nitrogens is 2. The van der Waals surface area contributed by atoms with E-state index in [2.05, 4.69) is 21.8 Å². The molecule has 3 N–H and O–H groups in total. The molecule has 0 unspecified atom stereocenters. The van der Waals surface area contributed by atoms with Gasteiger partial charge in [-0.15, -0.1) is 0 Å². The number of nitrogens with two attached hydrogens (primary N) is 1. The number of nitrogens with one attached hydrogen (secondary N) is 1. The molecule has 0 fully saturated rings. The summed E-state index contributed by atoms with van der Waals surface area (Å²) in [6, 6.07) is 0. The van der Waals surface area contributed by atoms with Crippen molar-refractivity contribution in [3.05, 3.63) is 16.5 Å². The zero-order chi connectivity index (χ0) is 8.97. The highest BCUT2D eigenvalue weighted by Crippen LogP contribution is 2.02. The number of nitrogen functional groups attached to an aromatic ring is 1. The van der Waals surface area contributed by atoms with E-state index in [0.29, 0.717) is 16.2 Å². The Labute approximate surface area is 76.0 Å². The van der Waals surface area contributed by atoms with Crippen LogP contribution in [0.5, 0.6) is 0 Å². The van der Waals surface area contributed by atoms with Crippen molar-refractivity contribution in [3.8, 4) is 11.8 Å². The fourth-order valence-electron chi connectivity index (χ4n) is 0.691. The summed E-state index contributed by atoms with van der Waals surface area (Å²) < 4.78 is 0.384. The molecule has 0 saturated carbocycles. The van der Waals surface area contributed by atoms with E-state index in [1.165, 1.54) is 0 Å². The van der Waals surface area contributed by atoms with Crippen LogP contribution < -0.4 is 5.73 Å². The third kappa shape index (κ3) is 2.07. The van der Waals surface area contributed by atoms with E-state index in [4.69, 9.17) is 18.0 Å². The van der Waals surface area contributed by atoms with Gasteiger partial charge in [0.1, 0.15) is 5.82 Å². The van der Waals surface area contributed by atoms with Crippen molar-refractivity contribution in [3.63, 3.8) is 0 Å². The van der Waals surface area contributed by atoms with E-state index in [1.54, 1.807) is 6.20 Å². The van der Waals surface area contributed by atoms with E-state index in [-0.39, 0.29) is 0 Å². The Morgan fingerprint density at radius 2 is 2.50 bits per heavy atom. The molecule has 1 aromatic heterocycles. The maximum atomic E-state index is 5.60. The molecular formula is C8H9N3S. The summed E-state index contributed by atoms with van der Waals surface area (Å²) in [5.74, 6) is 6.26. The number of rotatable bonds is 0. The first-order chi connectivity index (χ1) is 5.74. The lowest BCUT2D eigenvalue weighted by Gasteiger charge is -1.95. The lowest BCUT2D eigenvalue weighted by Crippen LogP contribution is -1.96. The minimum Gasteiger partial charge on any atom is -0.384 e. The highest BCUT2D eigenvalue weighted by Gasteiger charge is 1.93. The van der Waals surface area contributed by atoms with Gasteiger partial charge in [0.25, 0.3) is 0 Å². The van der Waals surface area contributed by atoms with Gasteiger partial charge < -0.3 is 10.7 Å². The van der Waals surface area contributed by atoms with Crippen molar-refractivity contribution < 1.29 is 0 Å². The Hall–Kier alpha value is -1.34. The molecule has 0 bridgehead atoms. The second-order valence-corrected chi connectivity index (χ2v) is 2.56. The largest absolute Gasteiger partial charge is 0.384 e. The van der Waals surface area contributed by atoms with Crippen LogP contribution in [-0.2, 0) is 0 Å². The lowest BCUT2D eigenvalue weighted by atomic mass is 10.3. The van der Waals surface area contributed by atoms with Gasteiger partial charge in [-0.1, -0.05) is 18.8 Å². The molecule has 0 aliphatic carbocycles. The second kappa shape index (κ2) is 3.88. The van der Waals surface area contributed by atoms with Crippen LogP contribution in [0, 0.1) is 16.6 Å². The highest BCUT2D eigenvalue weighted by molar-refractivity contribution is 7.71. The predicted molar refractivity (Wildman–Crippen MR) is 51.0 cm³/mol. The second-order valence-electron chi connectivity index (χ2n) is 2.17. The molecule has 0 aliphatic heterocycles. The Balaban J connectivity index is 3.10. The Morgan fingerprint density at radius 3 is 3.08 bits per heavy atom. The van der Waals surface area contributed by atoms with Gasteiger partial charge in [-0.3, -0.25) is 0 Å². The number of anilines is 1. The van der Waals surface area contributed by atoms with E-state index in [1.807, 2.05) is 6.92 Å². The van der Waals surface area contributed by atoms with Crippen molar-refractivity contribution >= 4 is 18.0 Å². The molecule has 3 nitrogen and oxygen atoms in total. The van der Waals surface area contributed by atoms with Crippen LogP contribution in [0.25, 0.3) is 0 Å². The smallest absolute Gasteiger partial charge is 0.198 e. The topological polar surface area (TPSA) is 54.7 Å². The molecule has 0 atom stereocenters. The Bertz CT molecular complexity index is 383. The van der Waals surface area contributed by atoms with E-state index >= 15 is 0 Å². The third-order valence-electron chi connectivity index (χ3n) is 1.24. The molecule has 4 heteroatoms. The average Bonchev–Trinajstić information content (AvgIpc) is 2.03. The molecule has 0 aromatic carbocycles. The molecule has 12 heavy (non-hydrogen) atoms. The molecule has 1 aromatic rings. The van der Waals surface area contributed by atoms with Crippen LogP contribution in [0.2, 0.25) is 0 Å². The van der Waals surface area contributed by atoms with Crippen molar-refractivity contribution in [2.24, 2.45) is 0 Å². The Kier molecular flexibility index (Phi) is 2.83. The first-order valence-electron chi connectivity index (χ1n) is 3.57. The Morgan fingerprint density at radius 1 is 1.75 bits per heavy atom. The van der Waals surface area contributed by atoms with Crippen LogP contribution in [-0.4, -0.2) is 9.97 Å². The van der Waals surface area contributed by atoms with Crippen molar-refractivity contribution in [1.82, 2.24) is 9.97 Å². The summed E-state index contributed by atoms with van der Waals surface area (Å²) in [4.78, 5) is 6.60.